The highest BCUT2D eigenvalue weighted by Gasteiger charge is 2.25. The fourth-order valence-electron chi connectivity index (χ4n) is 3.64. The number of aromatic nitrogens is 3. The molecule has 6 nitrogen and oxygen atoms in total. The SMILES string of the molecule is Cc1ccccc1OCC(=O)Nc1c2c(nn1-c1nc3ccccc3s1)CCC2. The molecule has 146 valence electrons. The molecule has 0 unspecified atom stereocenters. The number of para-hydroxylation sites is 2. The molecular weight excluding hydrogens is 384 g/mol. The van der Waals surface area contributed by atoms with Crippen LogP contribution in [0.1, 0.15) is 23.2 Å². The fourth-order valence-corrected chi connectivity index (χ4v) is 4.56. The highest BCUT2D eigenvalue weighted by molar-refractivity contribution is 7.20. The van der Waals surface area contributed by atoms with Crippen molar-refractivity contribution in [1.29, 1.82) is 0 Å². The Balaban J connectivity index is 1.42. The Hall–Kier alpha value is -3.19. The van der Waals surface area contributed by atoms with E-state index in [1.807, 2.05) is 55.5 Å². The Morgan fingerprint density at radius 1 is 1.17 bits per heavy atom. The zero-order chi connectivity index (χ0) is 19.8. The summed E-state index contributed by atoms with van der Waals surface area (Å²) in [5, 5.41) is 8.54. The second-order valence-corrected chi connectivity index (χ2v) is 8.11. The number of ether oxygens (including phenoxy) is 1. The topological polar surface area (TPSA) is 69.0 Å². The molecule has 0 bridgehead atoms. The quantitative estimate of drug-likeness (QED) is 0.539. The van der Waals surface area contributed by atoms with Crippen molar-refractivity contribution in [1.82, 2.24) is 14.8 Å². The van der Waals surface area contributed by atoms with Crippen molar-refractivity contribution in [3.63, 3.8) is 0 Å². The Morgan fingerprint density at radius 2 is 2.00 bits per heavy atom. The molecule has 1 amide bonds. The molecule has 0 spiro atoms. The van der Waals surface area contributed by atoms with Gasteiger partial charge in [0.2, 0.25) is 5.13 Å². The minimum absolute atomic E-state index is 0.0509. The molecule has 1 aliphatic rings. The summed E-state index contributed by atoms with van der Waals surface area (Å²) in [6, 6.07) is 15.7. The van der Waals surface area contributed by atoms with Gasteiger partial charge in [0.15, 0.2) is 6.61 Å². The minimum atomic E-state index is -0.204. The van der Waals surface area contributed by atoms with Crippen LogP contribution in [0, 0.1) is 6.92 Å². The van der Waals surface area contributed by atoms with Crippen molar-refractivity contribution >= 4 is 33.3 Å². The first-order valence-corrected chi connectivity index (χ1v) is 10.5. The lowest BCUT2D eigenvalue weighted by Gasteiger charge is -2.11. The standard InChI is InChI=1S/C22H20N4O2S/c1-14-7-2-4-11-18(14)28-13-20(27)24-21-15-8-6-10-16(15)25-26(21)22-23-17-9-3-5-12-19(17)29-22/h2-5,7,9,11-12H,6,8,10,13H2,1H3,(H,24,27). The number of carbonyl (C=O) groups is 1. The van der Waals surface area contributed by atoms with Crippen molar-refractivity contribution in [3.05, 3.63) is 65.4 Å². The second-order valence-electron chi connectivity index (χ2n) is 7.11. The van der Waals surface area contributed by atoms with E-state index in [2.05, 4.69) is 5.32 Å². The molecule has 0 saturated heterocycles. The van der Waals surface area contributed by atoms with Gasteiger partial charge >= 0.3 is 0 Å². The maximum absolute atomic E-state index is 12.7. The molecule has 5 rings (SSSR count). The molecule has 2 heterocycles. The zero-order valence-corrected chi connectivity index (χ0v) is 16.8. The first-order valence-electron chi connectivity index (χ1n) is 9.64. The van der Waals surface area contributed by atoms with Crippen LogP contribution >= 0.6 is 11.3 Å². The van der Waals surface area contributed by atoms with Gasteiger partial charge in [-0.2, -0.15) is 9.78 Å². The largest absolute Gasteiger partial charge is 0.483 e. The molecule has 0 aliphatic heterocycles. The molecule has 4 aromatic rings. The van der Waals surface area contributed by atoms with Crippen LogP contribution in [-0.2, 0) is 17.6 Å². The van der Waals surface area contributed by atoms with Gasteiger partial charge in [-0.15, -0.1) is 0 Å². The Bertz CT molecular complexity index is 1180. The predicted molar refractivity (Wildman–Crippen MR) is 114 cm³/mol. The summed E-state index contributed by atoms with van der Waals surface area (Å²) < 4.78 is 8.58. The highest BCUT2D eigenvalue weighted by atomic mass is 32.1. The number of aryl methyl sites for hydroxylation is 2. The van der Waals surface area contributed by atoms with E-state index in [9.17, 15) is 4.79 Å². The van der Waals surface area contributed by atoms with Gasteiger partial charge in [-0.3, -0.25) is 4.79 Å². The van der Waals surface area contributed by atoms with Gasteiger partial charge in [0.05, 0.1) is 15.9 Å². The molecular formula is C22H20N4O2S. The number of anilines is 1. The number of nitrogens with zero attached hydrogens (tertiary/aromatic N) is 3. The van der Waals surface area contributed by atoms with Crippen LogP contribution in [0.15, 0.2) is 48.5 Å². The third-order valence-electron chi connectivity index (χ3n) is 5.08. The average Bonchev–Trinajstić information content (AvgIpc) is 3.42. The van der Waals surface area contributed by atoms with E-state index in [-0.39, 0.29) is 12.5 Å². The molecule has 1 N–H and O–H groups in total. The van der Waals surface area contributed by atoms with Gasteiger partial charge in [-0.05, 0) is 49.9 Å². The van der Waals surface area contributed by atoms with Crippen LogP contribution < -0.4 is 10.1 Å². The number of thiazole rings is 1. The summed E-state index contributed by atoms with van der Waals surface area (Å²) in [6.45, 7) is 1.91. The highest BCUT2D eigenvalue weighted by Crippen LogP contribution is 2.33. The molecule has 1 aliphatic carbocycles. The summed E-state index contributed by atoms with van der Waals surface area (Å²) in [5.74, 6) is 1.23. The molecule has 2 aromatic heterocycles. The number of hydrogen-bond acceptors (Lipinski definition) is 5. The van der Waals surface area contributed by atoms with Crippen LogP contribution in [0.2, 0.25) is 0 Å². The lowest BCUT2D eigenvalue weighted by Crippen LogP contribution is -2.22. The Labute approximate surface area is 172 Å². The monoisotopic (exact) mass is 404 g/mol. The number of amides is 1. The van der Waals surface area contributed by atoms with E-state index in [4.69, 9.17) is 14.8 Å². The molecule has 7 heteroatoms. The van der Waals surface area contributed by atoms with Crippen LogP contribution in [0.3, 0.4) is 0 Å². The molecule has 29 heavy (non-hydrogen) atoms. The first-order chi connectivity index (χ1) is 14.2. The van der Waals surface area contributed by atoms with Crippen LogP contribution in [0.5, 0.6) is 5.75 Å². The normalized spacial score (nSPS) is 12.9. The summed E-state index contributed by atoms with van der Waals surface area (Å²) in [5.41, 5.74) is 4.08. The molecule has 0 radical (unpaired) electrons. The number of rotatable bonds is 5. The second kappa shape index (κ2) is 7.33. The van der Waals surface area contributed by atoms with Crippen LogP contribution in [-0.4, -0.2) is 27.3 Å². The van der Waals surface area contributed by atoms with E-state index in [1.54, 1.807) is 16.0 Å². The van der Waals surface area contributed by atoms with Crippen LogP contribution in [0.4, 0.5) is 5.82 Å². The van der Waals surface area contributed by atoms with Crippen molar-refractivity contribution in [3.8, 4) is 10.9 Å². The van der Waals surface area contributed by atoms with Crippen molar-refractivity contribution in [2.75, 3.05) is 11.9 Å². The maximum atomic E-state index is 12.7. The van der Waals surface area contributed by atoms with E-state index in [0.29, 0.717) is 5.75 Å². The van der Waals surface area contributed by atoms with Crippen molar-refractivity contribution in [2.24, 2.45) is 0 Å². The van der Waals surface area contributed by atoms with E-state index < -0.39 is 0 Å². The number of hydrogen-bond donors (Lipinski definition) is 1. The van der Waals surface area contributed by atoms with Gasteiger partial charge < -0.3 is 10.1 Å². The number of fused-ring (bicyclic) bond motifs is 2. The fraction of sp³-hybridized carbons (Fsp3) is 0.227. The first kappa shape index (κ1) is 17.9. The van der Waals surface area contributed by atoms with Gasteiger partial charge in [-0.1, -0.05) is 41.7 Å². The number of nitrogens with one attached hydrogen (secondary N) is 1. The minimum Gasteiger partial charge on any atom is -0.483 e. The van der Waals surface area contributed by atoms with Crippen LogP contribution in [0.25, 0.3) is 15.3 Å². The summed E-state index contributed by atoms with van der Waals surface area (Å²) >= 11 is 1.57. The van der Waals surface area contributed by atoms with Crippen molar-refractivity contribution < 1.29 is 9.53 Å². The van der Waals surface area contributed by atoms with E-state index in [1.165, 1.54) is 0 Å². The number of carbonyl (C=O) groups excluding carboxylic acids is 1. The average molecular weight is 404 g/mol. The third kappa shape index (κ3) is 3.38. The molecule has 0 saturated carbocycles. The third-order valence-corrected chi connectivity index (χ3v) is 6.09. The summed E-state index contributed by atoms with van der Waals surface area (Å²) in [7, 11) is 0. The molecule has 0 fully saturated rings. The summed E-state index contributed by atoms with van der Waals surface area (Å²) in [4.78, 5) is 17.4. The maximum Gasteiger partial charge on any atom is 0.263 e. The summed E-state index contributed by atoms with van der Waals surface area (Å²) in [6.07, 6.45) is 2.89. The molecule has 0 atom stereocenters. The lowest BCUT2D eigenvalue weighted by atomic mass is 10.2. The number of benzene rings is 2. The predicted octanol–water partition coefficient (Wildman–Crippen LogP) is 4.30. The zero-order valence-electron chi connectivity index (χ0n) is 16.0. The van der Waals surface area contributed by atoms with E-state index in [0.717, 1.165) is 57.2 Å². The lowest BCUT2D eigenvalue weighted by molar-refractivity contribution is -0.118. The van der Waals surface area contributed by atoms with Gasteiger partial charge in [0, 0.05) is 5.56 Å². The molecule has 2 aromatic carbocycles. The van der Waals surface area contributed by atoms with Gasteiger partial charge in [0.1, 0.15) is 11.6 Å². The van der Waals surface area contributed by atoms with Gasteiger partial charge in [0.25, 0.3) is 5.91 Å². The van der Waals surface area contributed by atoms with Crippen molar-refractivity contribution in [2.45, 2.75) is 26.2 Å². The van der Waals surface area contributed by atoms with Gasteiger partial charge in [-0.25, -0.2) is 4.98 Å². The Morgan fingerprint density at radius 3 is 2.86 bits per heavy atom. The smallest absolute Gasteiger partial charge is 0.263 e. The Kier molecular flexibility index (Phi) is 4.52. The van der Waals surface area contributed by atoms with E-state index >= 15 is 0 Å².